The first-order chi connectivity index (χ1) is 13.9. The number of ether oxygens (including phenoxy) is 1. The topological polar surface area (TPSA) is 116 Å². The summed E-state index contributed by atoms with van der Waals surface area (Å²) in [5.41, 5.74) is 5.89. The van der Waals surface area contributed by atoms with Crippen LogP contribution >= 0.6 is 15.4 Å². The molecule has 0 radical (unpaired) electrons. The van der Waals surface area contributed by atoms with Crippen LogP contribution in [0, 0.1) is 0 Å². The monoisotopic (exact) mass is 453 g/mol. The Morgan fingerprint density at radius 1 is 0.931 bits per heavy atom. The second-order valence-electron chi connectivity index (χ2n) is 5.68. The van der Waals surface area contributed by atoms with Gasteiger partial charge in [-0.25, -0.2) is 4.57 Å². The van der Waals surface area contributed by atoms with E-state index < -0.39 is 21.3 Å². The van der Waals surface area contributed by atoms with Crippen molar-refractivity contribution in [2.75, 3.05) is 39.6 Å². The minimum Gasteiger partial charge on any atom is -0.494 e. The molecule has 1 unspecified atom stereocenters. The van der Waals surface area contributed by atoms with Crippen LogP contribution < -0.4 is 10.5 Å². The van der Waals surface area contributed by atoms with Crippen molar-refractivity contribution in [3.8, 4) is 5.75 Å². The summed E-state index contributed by atoms with van der Waals surface area (Å²) in [5.74, 6) is -0.809. The second-order valence-corrected chi connectivity index (χ2v) is 9.37. The number of phosphoric ester groups is 1. The smallest absolute Gasteiger partial charge is 0.475 e. The van der Waals surface area contributed by atoms with Gasteiger partial charge < -0.3 is 19.5 Å². The van der Waals surface area contributed by atoms with Gasteiger partial charge in [-0.15, -0.1) is 0 Å². The largest absolute Gasteiger partial charge is 0.494 e. The number of hydrogen-bond donors (Lipinski definition) is 1. The van der Waals surface area contributed by atoms with E-state index in [2.05, 4.69) is 0 Å². The third kappa shape index (κ3) is 8.48. The number of hydrogen-bond acceptors (Lipinski definition) is 9. The standard InChI is InChI=1S/C18H33NO8P2/c1-5-23-28(20,24-6-2)18(27-29(21,25-7-3)26-8-4)16-11-9-12-17(15-16)22-14-10-13-19/h9,11-12,15,18H,5-8,10,13-14,19H2,1-4H3. The van der Waals surface area contributed by atoms with Gasteiger partial charge in [0.15, 0.2) is 5.85 Å². The van der Waals surface area contributed by atoms with Gasteiger partial charge in [0, 0.05) is 0 Å². The maximum absolute atomic E-state index is 13.5. The van der Waals surface area contributed by atoms with Gasteiger partial charge >= 0.3 is 15.4 Å². The molecule has 29 heavy (non-hydrogen) atoms. The summed E-state index contributed by atoms with van der Waals surface area (Å²) in [6, 6.07) is 6.74. The normalized spacial score (nSPS) is 13.4. The van der Waals surface area contributed by atoms with Gasteiger partial charge in [-0.2, -0.15) is 0 Å². The molecule has 1 rings (SSSR count). The van der Waals surface area contributed by atoms with Crippen LogP contribution in [-0.4, -0.2) is 39.6 Å². The highest BCUT2D eigenvalue weighted by Crippen LogP contribution is 2.67. The Bertz CT molecular complexity index is 668. The van der Waals surface area contributed by atoms with E-state index in [1.165, 1.54) is 0 Å². The Hall–Kier alpha value is -0.760. The molecule has 0 amide bonds. The quantitative estimate of drug-likeness (QED) is 0.276. The highest BCUT2D eigenvalue weighted by atomic mass is 31.2. The van der Waals surface area contributed by atoms with Crippen LogP contribution in [0.1, 0.15) is 45.5 Å². The fourth-order valence-corrected chi connectivity index (χ4v) is 6.00. The van der Waals surface area contributed by atoms with Crippen molar-refractivity contribution in [3.63, 3.8) is 0 Å². The van der Waals surface area contributed by atoms with E-state index in [-0.39, 0.29) is 26.4 Å². The number of rotatable bonds is 16. The van der Waals surface area contributed by atoms with Gasteiger partial charge in [-0.3, -0.25) is 18.1 Å². The van der Waals surface area contributed by atoms with Gasteiger partial charge in [0.1, 0.15) is 5.75 Å². The molecule has 0 aliphatic rings. The summed E-state index contributed by atoms with van der Waals surface area (Å²) in [5, 5.41) is 0. The van der Waals surface area contributed by atoms with E-state index in [9.17, 15) is 9.13 Å². The first kappa shape index (κ1) is 26.3. The highest BCUT2D eigenvalue weighted by molar-refractivity contribution is 7.55. The lowest BCUT2D eigenvalue weighted by Crippen LogP contribution is -2.12. The zero-order valence-electron chi connectivity index (χ0n) is 17.6. The molecule has 1 atom stereocenters. The zero-order valence-corrected chi connectivity index (χ0v) is 19.4. The van der Waals surface area contributed by atoms with Crippen LogP contribution in [0.2, 0.25) is 0 Å². The summed E-state index contributed by atoms with van der Waals surface area (Å²) < 4.78 is 59.2. The molecule has 1 aromatic rings. The van der Waals surface area contributed by atoms with E-state index in [0.717, 1.165) is 0 Å². The summed E-state index contributed by atoms with van der Waals surface area (Å²) in [6.45, 7) is 7.98. The molecular weight excluding hydrogens is 420 g/mol. The molecule has 11 heteroatoms. The van der Waals surface area contributed by atoms with Gasteiger partial charge in [0.2, 0.25) is 0 Å². The molecule has 0 aromatic heterocycles. The van der Waals surface area contributed by atoms with Crippen molar-refractivity contribution in [1.29, 1.82) is 0 Å². The summed E-state index contributed by atoms with van der Waals surface area (Å²) in [7, 11) is -7.89. The second kappa shape index (κ2) is 13.5. The summed E-state index contributed by atoms with van der Waals surface area (Å²) in [6.07, 6.45) is 0.685. The number of phosphoric acid groups is 1. The third-order valence-electron chi connectivity index (χ3n) is 3.47. The van der Waals surface area contributed by atoms with Crippen molar-refractivity contribution >= 4 is 15.4 Å². The van der Waals surface area contributed by atoms with Crippen molar-refractivity contribution in [1.82, 2.24) is 0 Å². The Balaban J connectivity index is 3.34. The molecule has 0 saturated carbocycles. The number of nitrogens with two attached hydrogens (primary N) is 1. The van der Waals surface area contributed by atoms with Crippen LogP contribution in [0.15, 0.2) is 24.3 Å². The van der Waals surface area contributed by atoms with E-state index in [4.69, 9.17) is 33.1 Å². The lowest BCUT2D eigenvalue weighted by molar-refractivity contribution is 0.0891. The predicted octanol–water partition coefficient (Wildman–Crippen LogP) is 4.88. The SMILES string of the molecule is CCOP(=O)(OCC)OC(c1cccc(OCCCN)c1)P(=O)(OCC)OCC. The minimum absolute atomic E-state index is 0.0831. The Morgan fingerprint density at radius 2 is 1.52 bits per heavy atom. The van der Waals surface area contributed by atoms with Crippen LogP contribution in [0.5, 0.6) is 5.75 Å². The molecule has 0 heterocycles. The average Bonchev–Trinajstić information content (AvgIpc) is 2.67. The molecule has 0 aliphatic carbocycles. The third-order valence-corrected chi connectivity index (χ3v) is 7.47. The van der Waals surface area contributed by atoms with Gasteiger partial charge in [-0.1, -0.05) is 12.1 Å². The van der Waals surface area contributed by atoms with Crippen LogP contribution in [0.25, 0.3) is 0 Å². The van der Waals surface area contributed by atoms with Gasteiger partial charge in [-0.05, 0) is 58.4 Å². The molecule has 0 bridgehead atoms. The first-order valence-corrected chi connectivity index (χ1v) is 12.8. The van der Waals surface area contributed by atoms with Gasteiger partial charge in [0.05, 0.1) is 33.0 Å². The van der Waals surface area contributed by atoms with E-state index >= 15 is 0 Å². The molecule has 0 spiro atoms. The van der Waals surface area contributed by atoms with E-state index in [1.54, 1.807) is 52.0 Å². The molecule has 0 aliphatic heterocycles. The number of benzene rings is 1. The van der Waals surface area contributed by atoms with Crippen molar-refractivity contribution in [2.45, 2.75) is 40.0 Å². The lowest BCUT2D eigenvalue weighted by atomic mass is 10.2. The molecular formula is C18H33NO8P2. The molecule has 2 N–H and O–H groups in total. The fourth-order valence-electron chi connectivity index (χ4n) is 2.40. The first-order valence-electron chi connectivity index (χ1n) is 9.77. The molecule has 0 saturated heterocycles. The van der Waals surface area contributed by atoms with Gasteiger partial charge in [0.25, 0.3) is 0 Å². The van der Waals surface area contributed by atoms with Crippen molar-refractivity contribution in [2.24, 2.45) is 5.73 Å². The van der Waals surface area contributed by atoms with Crippen LogP contribution in [0.4, 0.5) is 0 Å². The van der Waals surface area contributed by atoms with E-state index in [0.29, 0.717) is 30.9 Å². The molecule has 0 fully saturated rings. The summed E-state index contributed by atoms with van der Waals surface area (Å²) >= 11 is 0. The molecule has 9 nitrogen and oxygen atoms in total. The summed E-state index contributed by atoms with van der Waals surface area (Å²) in [4.78, 5) is 0. The Labute approximate surface area is 173 Å². The fraction of sp³-hybridized carbons (Fsp3) is 0.667. The van der Waals surface area contributed by atoms with Crippen LogP contribution in [0.3, 0.4) is 0 Å². The maximum atomic E-state index is 13.5. The van der Waals surface area contributed by atoms with Crippen molar-refractivity contribution in [3.05, 3.63) is 29.8 Å². The highest BCUT2D eigenvalue weighted by Gasteiger charge is 2.44. The molecule has 168 valence electrons. The van der Waals surface area contributed by atoms with E-state index in [1.807, 2.05) is 0 Å². The van der Waals surface area contributed by atoms with Crippen molar-refractivity contribution < 1.29 is 36.5 Å². The lowest BCUT2D eigenvalue weighted by Gasteiger charge is -2.29. The maximum Gasteiger partial charge on any atom is 0.475 e. The molecule has 1 aromatic carbocycles. The van der Waals surface area contributed by atoms with Crippen LogP contribution in [-0.2, 0) is 31.7 Å². The minimum atomic E-state index is -4.02. The average molecular weight is 453 g/mol. The zero-order chi connectivity index (χ0) is 21.8. The Morgan fingerprint density at radius 3 is 2.03 bits per heavy atom. The Kier molecular flexibility index (Phi) is 12.3. The predicted molar refractivity (Wildman–Crippen MR) is 111 cm³/mol.